The average Bonchev–Trinajstić information content (AvgIpc) is 2.66. The van der Waals surface area contributed by atoms with Gasteiger partial charge in [-0.15, -0.1) is 0 Å². The Morgan fingerprint density at radius 2 is 1.71 bits per heavy atom. The Balaban J connectivity index is 1.88. The quantitative estimate of drug-likeness (QED) is 0.820. The van der Waals surface area contributed by atoms with E-state index >= 15 is 0 Å². The van der Waals surface area contributed by atoms with Gasteiger partial charge in [0.25, 0.3) is 0 Å². The summed E-state index contributed by atoms with van der Waals surface area (Å²) in [6.07, 6.45) is 0.825. The Morgan fingerprint density at radius 3 is 2.36 bits per heavy atom. The van der Waals surface area contributed by atoms with Gasteiger partial charge in [-0.2, -0.15) is 0 Å². The number of hydrogen-bond acceptors (Lipinski definition) is 4. The maximum Gasteiger partial charge on any atom is 0.319 e. The molecule has 0 atom stereocenters. The fourth-order valence-electron chi connectivity index (χ4n) is 3.76. The van der Waals surface area contributed by atoms with Gasteiger partial charge in [-0.05, 0) is 38.8 Å². The number of aryl methyl sites for hydroxylation is 4. The lowest BCUT2D eigenvalue weighted by molar-refractivity contribution is 0.168. The van der Waals surface area contributed by atoms with Crippen LogP contribution in [0.1, 0.15) is 33.8 Å². The van der Waals surface area contributed by atoms with Crippen LogP contribution >= 0.6 is 0 Å². The molecule has 1 saturated heterocycles. The summed E-state index contributed by atoms with van der Waals surface area (Å²) in [7, 11) is 3.60. The molecular formula is C22H31N5O. The summed E-state index contributed by atoms with van der Waals surface area (Å²) >= 11 is 0. The number of anilines is 1. The maximum atomic E-state index is 12.2. The first-order valence-corrected chi connectivity index (χ1v) is 9.87. The molecule has 0 bridgehead atoms. The predicted octanol–water partition coefficient (Wildman–Crippen LogP) is 3.10. The third kappa shape index (κ3) is 4.26. The molecular weight excluding hydrogens is 350 g/mol. The van der Waals surface area contributed by atoms with E-state index in [4.69, 9.17) is 4.98 Å². The highest BCUT2D eigenvalue weighted by Crippen LogP contribution is 2.26. The first kappa shape index (κ1) is 20.1. The van der Waals surface area contributed by atoms with Crippen molar-refractivity contribution >= 4 is 11.8 Å². The minimum atomic E-state index is 0.0744. The monoisotopic (exact) mass is 381 g/mol. The third-order valence-corrected chi connectivity index (χ3v) is 5.41. The molecule has 1 aliphatic heterocycles. The molecule has 0 radical (unpaired) electrons. The number of nitrogens with zero attached hydrogens (tertiary/aromatic N) is 5. The van der Waals surface area contributed by atoms with Crippen molar-refractivity contribution in [3.63, 3.8) is 0 Å². The van der Waals surface area contributed by atoms with Crippen LogP contribution in [0.15, 0.2) is 18.2 Å². The van der Waals surface area contributed by atoms with E-state index in [-0.39, 0.29) is 6.03 Å². The summed E-state index contributed by atoms with van der Waals surface area (Å²) in [5, 5.41) is 0. The lowest BCUT2D eigenvalue weighted by atomic mass is 9.97. The molecule has 2 amide bonds. The highest BCUT2D eigenvalue weighted by molar-refractivity contribution is 5.74. The van der Waals surface area contributed by atoms with E-state index in [0.29, 0.717) is 13.1 Å². The van der Waals surface area contributed by atoms with E-state index in [1.165, 1.54) is 22.3 Å². The Bertz CT molecular complexity index is 869. The van der Waals surface area contributed by atoms with Gasteiger partial charge in [-0.1, -0.05) is 23.8 Å². The van der Waals surface area contributed by atoms with Crippen molar-refractivity contribution in [2.45, 2.75) is 34.1 Å². The van der Waals surface area contributed by atoms with E-state index in [9.17, 15) is 4.79 Å². The molecule has 2 aromatic rings. The molecule has 2 heterocycles. The van der Waals surface area contributed by atoms with E-state index in [2.05, 4.69) is 48.9 Å². The van der Waals surface area contributed by atoms with Crippen molar-refractivity contribution in [3.8, 4) is 0 Å². The Hall–Kier alpha value is -2.63. The molecule has 6 heteroatoms. The van der Waals surface area contributed by atoms with Gasteiger partial charge < -0.3 is 14.7 Å². The first-order chi connectivity index (χ1) is 13.3. The molecule has 0 N–H and O–H groups in total. The molecule has 1 aromatic heterocycles. The van der Waals surface area contributed by atoms with Gasteiger partial charge in [0, 0.05) is 58.0 Å². The molecule has 0 saturated carbocycles. The maximum absolute atomic E-state index is 12.2. The normalized spacial score (nSPS) is 14.4. The van der Waals surface area contributed by atoms with Crippen LogP contribution in [0.2, 0.25) is 0 Å². The van der Waals surface area contributed by atoms with E-state index in [1.54, 1.807) is 19.0 Å². The van der Waals surface area contributed by atoms with Gasteiger partial charge in [0.05, 0.1) is 0 Å². The summed E-state index contributed by atoms with van der Waals surface area (Å²) in [6.45, 7) is 11.3. The van der Waals surface area contributed by atoms with Crippen molar-refractivity contribution in [1.82, 2.24) is 19.8 Å². The number of carbonyl (C=O) groups is 1. The zero-order valence-electron chi connectivity index (χ0n) is 17.9. The van der Waals surface area contributed by atoms with Gasteiger partial charge in [-0.3, -0.25) is 0 Å². The van der Waals surface area contributed by atoms with Crippen LogP contribution in [0, 0.1) is 27.7 Å². The SMILES string of the molecule is Cc1ccc(C)c(Cc2c(C)nc(C)nc2N2CCN(C(=O)N(C)C)CC2)c1. The largest absolute Gasteiger partial charge is 0.353 e. The summed E-state index contributed by atoms with van der Waals surface area (Å²) < 4.78 is 0. The summed E-state index contributed by atoms with van der Waals surface area (Å²) in [5.41, 5.74) is 6.10. The Morgan fingerprint density at radius 1 is 1.04 bits per heavy atom. The Kier molecular flexibility index (Phi) is 5.87. The second-order valence-electron chi connectivity index (χ2n) is 7.92. The van der Waals surface area contributed by atoms with Crippen molar-refractivity contribution < 1.29 is 4.79 Å². The molecule has 1 aromatic carbocycles. The van der Waals surface area contributed by atoms with Crippen LogP contribution < -0.4 is 4.90 Å². The minimum Gasteiger partial charge on any atom is -0.353 e. The smallest absolute Gasteiger partial charge is 0.319 e. The lowest BCUT2D eigenvalue weighted by Gasteiger charge is -2.37. The predicted molar refractivity (Wildman–Crippen MR) is 113 cm³/mol. The van der Waals surface area contributed by atoms with Crippen LogP contribution in [0.4, 0.5) is 10.6 Å². The highest BCUT2D eigenvalue weighted by Gasteiger charge is 2.25. The fourth-order valence-corrected chi connectivity index (χ4v) is 3.76. The first-order valence-electron chi connectivity index (χ1n) is 9.87. The van der Waals surface area contributed by atoms with Gasteiger partial charge >= 0.3 is 6.03 Å². The molecule has 1 fully saturated rings. The van der Waals surface area contributed by atoms with Gasteiger partial charge in [0.15, 0.2) is 0 Å². The molecule has 150 valence electrons. The Labute approximate surface area is 168 Å². The van der Waals surface area contributed by atoms with Crippen LogP contribution in [0.3, 0.4) is 0 Å². The number of urea groups is 1. The van der Waals surface area contributed by atoms with E-state index < -0.39 is 0 Å². The second-order valence-corrected chi connectivity index (χ2v) is 7.92. The molecule has 1 aliphatic rings. The lowest BCUT2D eigenvalue weighted by Crippen LogP contribution is -2.52. The van der Waals surface area contributed by atoms with Crippen LogP contribution in [-0.4, -0.2) is 66.1 Å². The number of carbonyl (C=O) groups excluding carboxylic acids is 1. The topological polar surface area (TPSA) is 52.6 Å². The molecule has 6 nitrogen and oxygen atoms in total. The van der Waals surface area contributed by atoms with Crippen molar-refractivity contribution in [1.29, 1.82) is 0 Å². The van der Waals surface area contributed by atoms with Crippen LogP contribution in [0.25, 0.3) is 0 Å². The van der Waals surface area contributed by atoms with E-state index in [1.807, 2.05) is 11.8 Å². The number of hydrogen-bond donors (Lipinski definition) is 0. The van der Waals surface area contributed by atoms with Crippen LogP contribution in [0.5, 0.6) is 0 Å². The van der Waals surface area contributed by atoms with E-state index in [0.717, 1.165) is 36.8 Å². The molecule has 0 spiro atoms. The number of aromatic nitrogens is 2. The minimum absolute atomic E-state index is 0.0744. The van der Waals surface area contributed by atoms with Crippen LogP contribution in [-0.2, 0) is 6.42 Å². The number of rotatable bonds is 3. The van der Waals surface area contributed by atoms with Crippen molar-refractivity contribution in [2.24, 2.45) is 0 Å². The number of benzene rings is 1. The summed E-state index contributed by atoms with van der Waals surface area (Å²) in [5.74, 6) is 1.81. The zero-order chi connectivity index (χ0) is 20.4. The summed E-state index contributed by atoms with van der Waals surface area (Å²) in [4.78, 5) is 27.5. The van der Waals surface area contributed by atoms with Gasteiger partial charge in [-0.25, -0.2) is 14.8 Å². The van der Waals surface area contributed by atoms with Crippen molar-refractivity contribution in [3.05, 3.63) is 52.0 Å². The second kappa shape index (κ2) is 8.17. The standard InChI is InChI=1S/C22H31N5O/c1-15-7-8-16(2)19(13-15)14-20-17(3)23-18(4)24-21(20)26-9-11-27(12-10-26)22(28)25(5)6/h7-8,13H,9-12,14H2,1-6H3. The fraction of sp³-hybridized carbons (Fsp3) is 0.500. The average molecular weight is 382 g/mol. The number of amides is 2. The third-order valence-electron chi connectivity index (χ3n) is 5.41. The summed E-state index contributed by atoms with van der Waals surface area (Å²) in [6, 6.07) is 6.66. The van der Waals surface area contributed by atoms with Gasteiger partial charge in [0.2, 0.25) is 0 Å². The molecule has 3 rings (SSSR count). The van der Waals surface area contributed by atoms with Crippen molar-refractivity contribution in [2.75, 3.05) is 45.2 Å². The molecule has 28 heavy (non-hydrogen) atoms. The molecule has 0 aliphatic carbocycles. The zero-order valence-corrected chi connectivity index (χ0v) is 17.9. The number of piperazine rings is 1. The highest BCUT2D eigenvalue weighted by atomic mass is 16.2. The molecule has 0 unspecified atom stereocenters. The van der Waals surface area contributed by atoms with Gasteiger partial charge in [0.1, 0.15) is 11.6 Å².